The second-order valence-electron chi connectivity index (χ2n) is 5.52. The Morgan fingerprint density at radius 2 is 2.04 bits per heavy atom. The molecule has 124 valence electrons. The van der Waals surface area contributed by atoms with Crippen molar-refractivity contribution >= 4 is 34.7 Å². The lowest BCUT2D eigenvalue weighted by Crippen LogP contribution is -2.58. The zero-order valence-electron chi connectivity index (χ0n) is 13.5. The number of anilines is 1. The van der Waals surface area contributed by atoms with Gasteiger partial charge in [0.05, 0.1) is 12.2 Å². The molecule has 1 aromatic heterocycles. The highest BCUT2D eigenvalue weighted by atomic mass is 32.1. The van der Waals surface area contributed by atoms with Gasteiger partial charge in [0.15, 0.2) is 0 Å². The van der Waals surface area contributed by atoms with Crippen LogP contribution < -0.4 is 10.4 Å². The Kier molecular flexibility index (Phi) is 4.61. The molecular weight excluding hydrogens is 324 g/mol. The molecule has 3 rings (SSSR count). The van der Waals surface area contributed by atoms with Gasteiger partial charge in [0, 0.05) is 11.9 Å². The van der Waals surface area contributed by atoms with Gasteiger partial charge in [0.2, 0.25) is 5.84 Å². The van der Waals surface area contributed by atoms with Crippen LogP contribution in [0.3, 0.4) is 0 Å². The fourth-order valence-corrected chi connectivity index (χ4v) is 3.14. The number of hydrazine groups is 1. The van der Waals surface area contributed by atoms with E-state index in [1.807, 2.05) is 35.7 Å². The van der Waals surface area contributed by atoms with Gasteiger partial charge in [-0.3, -0.25) is 15.0 Å². The molecule has 7 heteroatoms. The SMILES string of the molecule is C[C@H]1N=C(C(=O)N(C)Cc2cccs2)NN(c2ccccc2)C1=O. The number of rotatable bonds is 4. The van der Waals surface area contributed by atoms with E-state index in [9.17, 15) is 9.59 Å². The molecule has 6 nitrogen and oxygen atoms in total. The van der Waals surface area contributed by atoms with E-state index in [0.717, 1.165) is 4.88 Å². The van der Waals surface area contributed by atoms with E-state index in [1.165, 1.54) is 5.01 Å². The second-order valence-corrected chi connectivity index (χ2v) is 6.55. The van der Waals surface area contributed by atoms with E-state index < -0.39 is 6.04 Å². The minimum atomic E-state index is -0.611. The Balaban J connectivity index is 1.78. The predicted molar refractivity (Wildman–Crippen MR) is 94.8 cm³/mol. The van der Waals surface area contributed by atoms with Crippen molar-refractivity contribution in [2.45, 2.75) is 19.5 Å². The fraction of sp³-hybridized carbons (Fsp3) is 0.235. The number of thiophene rings is 1. The first-order valence-corrected chi connectivity index (χ1v) is 8.45. The molecule has 2 aromatic rings. The second kappa shape index (κ2) is 6.84. The molecule has 1 N–H and O–H groups in total. The first-order chi connectivity index (χ1) is 11.6. The number of aliphatic imine (C=N–C) groups is 1. The van der Waals surface area contributed by atoms with Crippen LogP contribution in [0.25, 0.3) is 0 Å². The minimum absolute atomic E-state index is 0.171. The first kappa shape index (κ1) is 16.2. The number of hydrogen-bond donors (Lipinski definition) is 1. The van der Waals surface area contributed by atoms with Crippen molar-refractivity contribution in [2.75, 3.05) is 12.1 Å². The third-order valence-corrected chi connectivity index (χ3v) is 4.52. The molecule has 2 heterocycles. The number of carbonyl (C=O) groups excluding carboxylic acids is 2. The van der Waals surface area contributed by atoms with E-state index >= 15 is 0 Å². The highest BCUT2D eigenvalue weighted by Crippen LogP contribution is 2.17. The van der Waals surface area contributed by atoms with Gasteiger partial charge in [0.1, 0.15) is 6.04 Å². The van der Waals surface area contributed by atoms with Crippen LogP contribution >= 0.6 is 11.3 Å². The van der Waals surface area contributed by atoms with Gasteiger partial charge in [0.25, 0.3) is 11.8 Å². The molecule has 0 bridgehead atoms. The number of nitrogens with one attached hydrogen (secondary N) is 1. The molecule has 1 atom stereocenters. The number of amides is 2. The number of para-hydroxylation sites is 1. The van der Waals surface area contributed by atoms with Crippen LogP contribution in [-0.2, 0) is 16.1 Å². The maximum Gasteiger partial charge on any atom is 0.290 e. The summed E-state index contributed by atoms with van der Waals surface area (Å²) in [4.78, 5) is 31.9. The predicted octanol–water partition coefficient (Wildman–Crippen LogP) is 2.04. The van der Waals surface area contributed by atoms with Crippen LogP contribution in [-0.4, -0.2) is 35.6 Å². The molecule has 24 heavy (non-hydrogen) atoms. The van der Waals surface area contributed by atoms with Crippen LogP contribution in [0.15, 0.2) is 52.8 Å². The van der Waals surface area contributed by atoms with Crippen LogP contribution in [0.5, 0.6) is 0 Å². The average Bonchev–Trinajstić information content (AvgIpc) is 3.10. The molecule has 0 saturated heterocycles. The fourth-order valence-electron chi connectivity index (χ4n) is 2.39. The molecule has 1 aliphatic rings. The molecule has 0 saturated carbocycles. The Hall–Kier alpha value is -2.67. The van der Waals surface area contributed by atoms with Crippen molar-refractivity contribution in [1.82, 2.24) is 10.3 Å². The summed E-state index contributed by atoms with van der Waals surface area (Å²) in [7, 11) is 1.72. The standard InChI is InChI=1S/C17H18N4O2S/c1-12-16(22)21(13-7-4-3-5-8-13)19-15(18-12)17(23)20(2)11-14-9-6-10-24-14/h3-10,12H,11H2,1-2H3,(H,18,19)/t12-/m1/s1. The monoisotopic (exact) mass is 342 g/mol. The smallest absolute Gasteiger partial charge is 0.290 e. The number of likely N-dealkylation sites (N-methyl/N-ethyl adjacent to an activating group) is 1. The van der Waals surface area contributed by atoms with Crippen molar-refractivity contribution in [2.24, 2.45) is 4.99 Å². The van der Waals surface area contributed by atoms with Gasteiger partial charge in [-0.2, -0.15) is 0 Å². The van der Waals surface area contributed by atoms with Crippen LogP contribution in [0.1, 0.15) is 11.8 Å². The normalized spacial score (nSPS) is 17.2. The molecule has 1 aliphatic heterocycles. The van der Waals surface area contributed by atoms with Crippen LogP contribution in [0, 0.1) is 0 Å². The molecule has 0 aliphatic carbocycles. The Labute approximate surface area is 144 Å². The number of hydrogen-bond acceptors (Lipinski definition) is 5. The Morgan fingerprint density at radius 3 is 2.71 bits per heavy atom. The highest BCUT2D eigenvalue weighted by molar-refractivity contribution is 7.09. The average molecular weight is 342 g/mol. The lowest BCUT2D eigenvalue weighted by Gasteiger charge is -2.31. The molecule has 2 amide bonds. The third-order valence-electron chi connectivity index (χ3n) is 3.66. The lowest BCUT2D eigenvalue weighted by molar-refractivity contribution is -0.124. The van der Waals surface area contributed by atoms with Crippen molar-refractivity contribution in [3.63, 3.8) is 0 Å². The summed E-state index contributed by atoms with van der Waals surface area (Å²) >= 11 is 1.59. The minimum Gasteiger partial charge on any atom is -0.334 e. The molecule has 1 aromatic carbocycles. The lowest BCUT2D eigenvalue weighted by atomic mass is 10.2. The zero-order chi connectivity index (χ0) is 17.1. The van der Waals surface area contributed by atoms with Gasteiger partial charge in [-0.1, -0.05) is 24.3 Å². The topological polar surface area (TPSA) is 65.0 Å². The summed E-state index contributed by atoms with van der Waals surface area (Å²) < 4.78 is 0. The largest absolute Gasteiger partial charge is 0.334 e. The van der Waals surface area contributed by atoms with Crippen LogP contribution in [0.4, 0.5) is 5.69 Å². The first-order valence-electron chi connectivity index (χ1n) is 7.57. The van der Waals surface area contributed by atoms with Gasteiger partial charge < -0.3 is 4.90 Å². The van der Waals surface area contributed by atoms with Crippen LogP contribution in [0.2, 0.25) is 0 Å². The molecule has 0 unspecified atom stereocenters. The number of amidine groups is 1. The maximum absolute atomic E-state index is 12.7. The number of nitrogens with zero attached hydrogens (tertiary/aromatic N) is 3. The van der Waals surface area contributed by atoms with E-state index in [0.29, 0.717) is 12.2 Å². The number of benzene rings is 1. The van der Waals surface area contributed by atoms with Crippen molar-refractivity contribution in [3.05, 3.63) is 52.7 Å². The summed E-state index contributed by atoms with van der Waals surface area (Å²) in [6.07, 6.45) is 0. The van der Waals surface area contributed by atoms with Gasteiger partial charge in [-0.05, 0) is 30.5 Å². The third kappa shape index (κ3) is 3.30. The zero-order valence-corrected chi connectivity index (χ0v) is 14.3. The van der Waals surface area contributed by atoms with E-state index in [-0.39, 0.29) is 17.6 Å². The van der Waals surface area contributed by atoms with Gasteiger partial charge in [-0.15, -0.1) is 11.3 Å². The maximum atomic E-state index is 12.7. The molecule has 0 spiro atoms. The summed E-state index contributed by atoms with van der Waals surface area (Å²) in [6, 6.07) is 12.5. The molecular formula is C17H18N4O2S. The quantitative estimate of drug-likeness (QED) is 0.925. The van der Waals surface area contributed by atoms with E-state index in [2.05, 4.69) is 10.4 Å². The van der Waals surface area contributed by atoms with Gasteiger partial charge in [-0.25, -0.2) is 10.0 Å². The van der Waals surface area contributed by atoms with Gasteiger partial charge >= 0.3 is 0 Å². The van der Waals surface area contributed by atoms with E-state index in [4.69, 9.17) is 0 Å². The van der Waals surface area contributed by atoms with Crippen molar-refractivity contribution < 1.29 is 9.59 Å². The highest BCUT2D eigenvalue weighted by Gasteiger charge is 2.31. The summed E-state index contributed by atoms with van der Waals surface area (Å²) in [5.41, 5.74) is 3.53. The molecule has 0 radical (unpaired) electrons. The summed E-state index contributed by atoms with van der Waals surface area (Å²) in [5.74, 6) is -0.271. The van der Waals surface area contributed by atoms with Crippen molar-refractivity contribution in [1.29, 1.82) is 0 Å². The Bertz CT molecular complexity index is 758. The summed E-state index contributed by atoms with van der Waals surface area (Å²) in [6.45, 7) is 2.19. The van der Waals surface area contributed by atoms with E-state index in [1.54, 1.807) is 42.3 Å². The number of carbonyl (C=O) groups is 2. The van der Waals surface area contributed by atoms with Crippen molar-refractivity contribution in [3.8, 4) is 0 Å². The summed E-state index contributed by atoms with van der Waals surface area (Å²) in [5, 5.41) is 3.35. The molecule has 0 fully saturated rings. The Morgan fingerprint density at radius 1 is 1.29 bits per heavy atom.